The largest absolute Gasteiger partial charge is 0.486 e. The molecule has 0 aliphatic rings. The summed E-state index contributed by atoms with van der Waals surface area (Å²) in [6, 6.07) is 16.3. The summed E-state index contributed by atoms with van der Waals surface area (Å²) in [4.78, 5) is 12.4. The Labute approximate surface area is 166 Å². The normalized spacial score (nSPS) is 11.6. The van der Waals surface area contributed by atoms with Gasteiger partial charge in [0.1, 0.15) is 18.1 Å². The Morgan fingerprint density at radius 1 is 1.11 bits per heavy atom. The van der Waals surface area contributed by atoms with Crippen LogP contribution in [0.5, 0.6) is 11.5 Å². The molecule has 0 spiro atoms. The molecule has 0 aliphatic heterocycles. The van der Waals surface area contributed by atoms with E-state index in [1.165, 1.54) is 11.3 Å². The molecule has 1 aromatic heterocycles. The van der Waals surface area contributed by atoms with Gasteiger partial charge in [0.25, 0.3) is 5.91 Å². The molecule has 0 unspecified atom stereocenters. The Bertz CT molecular complexity index is 871. The van der Waals surface area contributed by atoms with Crippen LogP contribution in [0.4, 0.5) is 5.13 Å². The molecule has 27 heavy (non-hydrogen) atoms. The monoisotopic (exact) mass is 403 g/mol. The molecule has 0 aliphatic carbocycles. The van der Waals surface area contributed by atoms with Crippen LogP contribution in [-0.4, -0.2) is 22.2 Å². The minimum atomic E-state index is -0.606. The van der Waals surface area contributed by atoms with Crippen LogP contribution in [0.1, 0.15) is 18.4 Å². The predicted octanol–water partition coefficient (Wildman–Crippen LogP) is 4.57. The predicted molar refractivity (Wildman–Crippen MR) is 105 cm³/mol. The number of halogens is 1. The molecular weight excluding hydrogens is 386 g/mol. The third kappa shape index (κ3) is 5.67. The molecular formula is C19H18ClN3O3S. The van der Waals surface area contributed by atoms with Crippen molar-refractivity contribution in [3.05, 3.63) is 64.6 Å². The van der Waals surface area contributed by atoms with Gasteiger partial charge in [0, 0.05) is 5.02 Å². The van der Waals surface area contributed by atoms with Crippen LogP contribution < -0.4 is 14.8 Å². The molecule has 1 atom stereocenters. The van der Waals surface area contributed by atoms with Gasteiger partial charge in [-0.2, -0.15) is 0 Å². The molecule has 0 bridgehead atoms. The summed E-state index contributed by atoms with van der Waals surface area (Å²) < 4.78 is 11.4. The fourth-order valence-electron chi connectivity index (χ4n) is 2.21. The third-order valence-electron chi connectivity index (χ3n) is 3.56. The fourth-order valence-corrected chi connectivity index (χ4v) is 2.99. The molecule has 0 radical (unpaired) electrons. The second-order valence-electron chi connectivity index (χ2n) is 5.56. The van der Waals surface area contributed by atoms with Gasteiger partial charge in [0.05, 0.1) is 0 Å². The Kier molecular flexibility index (Phi) is 6.62. The minimum Gasteiger partial charge on any atom is -0.486 e. The summed E-state index contributed by atoms with van der Waals surface area (Å²) in [5, 5.41) is 12.5. The number of hydrogen-bond donors (Lipinski definition) is 1. The topological polar surface area (TPSA) is 73.3 Å². The minimum absolute atomic E-state index is 0.257. The second-order valence-corrected chi connectivity index (χ2v) is 7.06. The highest BCUT2D eigenvalue weighted by molar-refractivity contribution is 7.15. The van der Waals surface area contributed by atoms with E-state index in [1.54, 1.807) is 24.3 Å². The number of para-hydroxylation sites is 1. The number of carbonyl (C=O) groups is 1. The molecule has 140 valence electrons. The van der Waals surface area contributed by atoms with E-state index in [9.17, 15) is 4.79 Å². The molecule has 3 aromatic rings. The number of nitrogens with zero attached hydrogens (tertiary/aromatic N) is 2. The van der Waals surface area contributed by atoms with Crippen molar-refractivity contribution in [1.29, 1.82) is 0 Å². The van der Waals surface area contributed by atoms with Crippen LogP contribution in [0.25, 0.3) is 0 Å². The molecule has 3 rings (SSSR count). The Hall–Kier alpha value is -2.64. The summed E-state index contributed by atoms with van der Waals surface area (Å²) >= 11 is 7.10. The van der Waals surface area contributed by atoms with Crippen LogP contribution in [0.2, 0.25) is 5.02 Å². The smallest absolute Gasteiger partial charge is 0.267 e. The van der Waals surface area contributed by atoms with Crippen molar-refractivity contribution in [3.8, 4) is 11.5 Å². The van der Waals surface area contributed by atoms with E-state index in [2.05, 4.69) is 15.5 Å². The summed E-state index contributed by atoms with van der Waals surface area (Å²) in [5.41, 5.74) is 0. The first-order valence-corrected chi connectivity index (χ1v) is 9.57. The lowest BCUT2D eigenvalue weighted by atomic mass is 10.2. The number of nitrogens with one attached hydrogen (secondary N) is 1. The number of carbonyl (C=O) groups excluding carboxylic acids is 1. The van der Waals surface area contributed by atoms with Crippen molar-refractivity contribution >= 4 is 34.0 Å². The van der Waals surface area contributed by atoms with Crippen LogP contribution in [-0.2, 0) is 11.4 Å². The summed E-state index contributed by atoms with van der Waals surface area (Å²) in [5.74, 6) is 1.07. The van der Waals surface area contributed by atoms with Gasteiger partial charge in [-0.05, 0) is 42.8 Å². The molecule has 8 heteroatoms. The highest BCUT2D eigenvalue weighted by atomic mass is 35.5. The molecule has 1 N–H and O–H groups in total. The van der Waals surface area contributed by atoms with Gasteiger partial charge in [-0.3, -0.25) is 10.1 Å². The maximum atomic E-state index is 12.4. The van der Waals surface area contributed by atoms with Gasteiger partial charge < -0.3 is 9.47 Å². The molecule has 6 nitrogen and oxygen atoms in total. The van der Waals surface area contributed by atoms with E-state index in [0.717, 1.165) is 0 Å². The van der Waals surface area contributed by atoms with E-state index in [0.29, 0.717) is 33.1 Å². The number of benzene rings is 2. The average Bonchev–Trinajstić information content (AvgIpc) is 3.13. The maximum Gasteiger partial charge on any atom is 0.267 e. The van der Waals surface area contributed by atoms with Crippen molar-refractivity contribution in [2.75, 3.05) is 5.32 Å². The first kappa shape index (κ1) is 19.1. The zero-order chi connectivity index (χ0) is 19.1. The van der Waals surface area contributed by atoms with Crippen molar-refractivity contribution < 1.29 is 14.3 Å². The van der Waals surface area contributed by atoms with E-state index in [1.807, 2.05) is 37.3 Å². The van der Waals surface area contributed by atoms with Crippen molar-refractivity contribution in [2.45, 2.75) is 26.1 Å². The van der Waals surface area contributed by atoms with Crippen molar-refractivity contribution in [2.24, 2.45) is 0 Å². The lowest BCUT2D eigenvalue weighted by Gasteiger charge is -2.16. The van der Waals surface area contributed by atoms with E-state index in [4.69, 9.17) is 21.1 Å². The number of hydrogen-bond acceptors (Lipinski definition) is 6. The number of rotatable bonds is 8. The van der Waals surface area contributed by atoms with Crippen LogP contribution in [0.3, 0.4) is 0 Å². The van der Waals surface area contributed by atoms with E-state index < -0.39 is 6.10 Å². The van der Waals surface area contributed by atoms with E-state index in [-0.39, 0.29) is 12.5 Å². The zero-order valence-corrected chi connectivity index (χ0v) is 16.2. The number of ether oxygens (including phenoxy) is 2. The second kappa shape index (κ2) is 9.34. The standard InChI is InChI=1S/C19H18ClN3O3S/c1-2-16(26-15-6-4-3-5-7-15)18(24)21-19-23-22-17(27-19)12-25-14-10-8-13(20)9-11-14/h3-11,16H,2,12H2,1H3,(H,21,23,24)/t16-/m1/s1. The molecule has 1 heterocycles. The van der Waals surface area contributed by atoms with Crippen LogP contribution in [0.15, 0.2) is 54.6 Å². The highest BCUT2D eigenvalue weighted by Crippen LogP contribution is 2.21. The van der Waals surface area contributed by atoms with Gasteiger partial charge in [-0.1, -0.05) is 48.1 Å². The van der Waals surface area contributed by atoms with Crippen LogP contribution >= 0.6 is 22.9 Å². The number of amides is 1. The van der Waals surface area contributed by atoms with Gasteiger partial charge in [-0.15, -0.1) is 10.2 Å². The first-order valence-electron chi connectivity index (χ1n) is 8.37. The quantitative estimate of drug-likeness (QED) is 0.596. The summed E-state index contributed by atoms with van der Waals surface area (Å²) in [7, 11) is 0. The lowest BCUT2D eigenvalue weighted by molar-refractivity contribution is -0.122. The maximum absolute atomic E-state index is 12.4. The van der Waals surface area contributed by atoms with Crippen molar-refractivity contribution in [1.82, 2.24) is 10.2 Å². The van der Waals surface area contributed by atoms with Crippen LogP contribution in [0, 0.1) is 0 Å². The number of aromatic nitrogens is 2. The fraction of sp³-hybridized carbons (Fsp3) is 0.211. The summed E-state index contributed by atoms with van der Waals surface area (Å²) in [6.07, 6.45) is -0.0726. The first-order chi connectivity index (χ1) is 13.1. The molecule has 0 saturated carbocycles. The molecule has 0 saturated heterocycles. The Balaban J connectivity index is 1.54. The third-order valence-corrected chi connectivity index (χ3v) is 4.62. The van der Waals surface area contributed by atoms with E-state index >= 15 is 0 Å². The summed E-state index contributed by atoms with van der Waals surface area (Å²) in [6.45, 7) is 2.14. The highest BCUT2D eigenvalue weighted by Gasteiger charge is 2.20. The number of anilines is 1. The molecule has 1 amide bonds. The zero-order valence-electron chi connectivity index (χ0n) is 14.6. The molecule has 2 aromatic carbocycles. The van der Waals surface area contributed by atoms with Gasteiger partial charge >= 0.3 is 0 Å². The van der Waals surface area contributed by atoms with Gasteiger partial charge in [-0.25, -0.2) is 0 Å². The van der Waals surface area contributed by atoms with Gasteiger partial charge in [0.15, 0.2) is 11.1 Å². The Morgan fingerprint density at radius 2 is 1.85 bits per heavy atom. The molecule has 0 fully saturated rings. The lowest BCUT2D eigenvalue weighted by Crippen LogP contribution is -2.32. The Morgan fingerprint density at radius 3 is 2.56 bits per heavy atom. The SMILES string of the molecule is CC[C@@H](Oc1ccccc1)C(=O)Nc1nnc(COc2ccc(Cl)cc2)s1. The van der Waals surface area contributed by atoms with Crippen molar-refractivity contribution in [3.63, 3.8) is 0 Å². The average molecular weight is 404 g/mol. The van der Waals surface area contributed by atoms with Gasteiger partial charge in [0.2, 0.25) is 5.13 Å².